The van der Waals surface area contributed by atoms with Crippen LogP contribution in [0.5, 0.6) is 11.5 Å². The molecule has 0 aliphatic rings. The second-order valence-electron chi connectivity index (χ2n) is 4.34. The topological polar surface area (TPSA) is 86.5 Å². The molecular weight excluding hydrogens is 320 g/mol. The van der Waals surface area contributed by atoms with Crippen LogP contribution in [0.1, 0.15) is 0 Å². The highest BCUT2D eigenvalue weighted by Crippen LogP contribution is 2.31. The third kappa shape index (κ3) is 3.37. The van der Waals surface area contributed by atoms with Gasteiger partial charge in [0, 0.05) is 6.26 Å². The summed E-state index contributed by atoms with van der Waals surface area (Å²) in [6, 6.07) is 6.06. The second kappa shape index (κ2) is 5.68. The van der Waals surface area contributed by atoms with Crippen LogP contribution in [0, 0.1) is 21.7 Å². The normalized spacial score (nSPS) is 11.2. The summed E-state index contributed by atoms with van der Waals surface area (Å²) in [4.78, 5) is 9.46. The molecule has 0 saturated heterocycles. The summed E-state index contributed by atoms with van der Waals surface area (Å²) in [5.74, 6) is -3.50. The van der Waals surface area contributed by atoms with E-state index in [0.29, 0.717) is 12.1 Å². The van der Waals surface area contributed by atoms with Crippen molar-refractivity contribution in [3.63, 3.8) is 0 Å². The maximum atomic E-state index is 13.7. The summed E-state index contributed by atoms with van der Waals surface area (Å²) < 4.78 is 55.2. The van der Waals surface area contributed by atoms with E-state index in [4.69, 9.17) is 4.74 Å². The molecule has 0 aliphatic carbocycles. The number of nitrogens with zero attached hydrogens (tertiary/aromatic N) is 1. The van der Waals surface area contributed by atoms with E-state index >= 15 is 0 Å². The summed E-state index contributed by atoms with van der Waals surface area (Å²) >= 11 is 0. The Bertz CT molecular complexity index is 828. The van der Waals surface area contributed by atoms with Crippen LogP contribution in [0.3, 0.4) is 0 Å². The molecule has 0 radical (unpaired) electrons. The summed E-state index contributed by atoms with van der Waals surface area (Å²) in [6.07, 6.45) is 0.971. The number of halogens is 2. The van der Waals surface area contributed by atoms with E-state index < -0.39 is 37.8 Å². The quantitative estimate of drug-likeness (QED) is 0.635. The smallest absolute Gasteiger partial charge is 0.275 e. The van der Waals surface area contributed by atoms with Crippen molar-refractivity contribution < 1.29 is 26.9 Å². The molecule has 0 N–H and O–H groups in total. The molecule has 116 valence electrons. The molecule has 0 fully saturated rings. The van der Waals surface area contributed by atoms with Crippen LogP contribution in [0.4, 0.5) is 14.5 Å². The Balaban J connectivity index is 2.42. The summed E-state index contributed by atoms with van der Waals surface area (Å²) in [7, 11) is -3.51. The first-order chi connectivity index (χ1) is 10.2. The van der Waals surface area contributed by atoms with Crippen molar-refractivity contribution in [1.29, 1.82) is 0 Å². The Morgan fingerprint density at radius 3 is 2.23 bits per heavy atom. The lowest BCUT2D eigenvalue weighted by Gasteiger charge is -2.09. The Morgan fingerprint density at radius 1 is 1.14 bits per heavy atom. The molecule has 0 saturated carbocycles. The predicted molar refractivity (Wildman–Crippen MR) is 72.6 cm³/mol. The Kier molecular flexibility index (Phi) is 4.09. The Hall–Kier alpha value is -2.55. The van der Waals surface area contributed by atoms with Gasteiger partial charge in [0.1, 0.15) is 5.75 Å². The van der Waals surface area contributed by atoms with E-state index in [2.05, 4.69) is 0 Å². The highest BCUT2D eigenvalue weighted by molar-refractivity contribution is 7.90. The SMILES string of the molecule is CS(=O)(=O)c1cccc(Oc2c(F)cc([N+](=O)[O-])cc2F)c1. The lowest BCUT2D eigenvalue weighted by atomic mass is 10.2. The average Bonchev–Trinajstić information content (AvgIpc) is 2.42. The fraction of sp³-hybridized carbons (Fsp3) is 0.0769. The second-order valence-corrected chi connectivity index (χ2v) is 6.36. The fourth-order valence-electron chi connectivity index (χ4n) is 1.64. The van der Waals surface area contributed by atoms with Crippen LogP contribution in [0.25, 0.3) is 0 Å². The van der Waals surface area contributed by atoms with E-state index in [1.807, 2.05) is 0 Å². The maximum Gasteiger partial charge on any atom is 0.275 e. The third-order valence-electron chi connectivity index (χ3n) is 2.65. The number of hydrogen-bond donors (Lipinski definition) is 0. The minimum atomic E-state index is -3.51. The Morgan fingerprint density at radius 2 is 1.73 bits per heavy atom. The molecule has 22 heavy (non-hydrogen) atoms. The Labute approximate surface area is 124 Å². The van der Waals surface area contributed by atoms with Crippen molar-refractivity contribution >= 4 is 15.5 Å². The minimum absolute atomic E-state index is 0.0901. The monoisotopic (exact) mass is 329 g/mol. The van der Waals surface area contributed by atoms with Gasteiger partial charge in [-0.2, -0.15) is 0 Å². The lowest BCUT2D eigenvalue weighted by molar-refractivity contribution is -0.385. The molecular formula is C13H9F2NO5S. The molecule has 0 spiro atoms. The van der Waals surface area contributed by atoms with Gasteiger partial charge in [0.25, 0.3) is 5.69 Å². The molecule has 0 heterocycles. The van der Waals surface area contributed by atoms with Crippen molar-refractivity contribution in [3.8, 4) is 11.5 Å². The fourth-order valence-corrected chi connectivity index (χ4v) is 2.29. The minimum Gasteiger partial charge on any atom is -0.451 e. The molecule has 2 rings (SSSR count). The number of rotatable bonds is 4. The molecule has 9 heteroatoms. The molecule has 0 atom stereocenters. The molecule has 0 aliphatic heterocycles. The predicted octanol–water partition coefficient (Wildman–Crippen LogP) is 3.07. The van der Waals surface area contributed by atoms with E-state index in [-0.39, 0.29) is 10.6 Å². The third-order valence-corrected chi connectivity index (χ3v) is 3.76. The number of benzene rings is 2. The van der Waals surface area contributed by atoms with Gasteiger partial charge in [0.2, 0.25) is 0 Å². The van der Waals surface area contributed by atoms with Gasteiger partial charge >= 0.3 is 0 Å². The van der Waals surface area contributed by atoms with Crippen LogP contribution in [0.15, 0.2) is 41.3 Å². The van der Waals surface area contributed by atoms with Gasteiger partial charge in [-0.1, -0.05) is 6.07 Å². The lowest BCUT2D eigenvalue weighted by Crippen LogP contribution is -1.99. The summed E-state index contributed by atoms with van der Waals surface area (Å²) in [6.45, 7) is 0. The highest BCUT2D eigenvalue weighted by atomic mass is 32.2. The van der Waals surface area contributed by atoms with Crippen molar-refractivity contribution in [2.45, 2.75) is 4.90 Å². The van der Waals surface area contributed by atoms with Crippen LogP contribution < -0.4 is 4.74 Å². The summed E-state index contributed by atoms with van der Waals surface area (Å²) in [5.41, 5.74) is -0.757. The zero-order chi connectivity index (χ0) is 16.5. The molecule has 2 aromatic rings. The van der Waals surface area contributed by atoms with Crippen molar-refractivity contribution in [2.75, 3.05) is 6.26 Å². The standard InChI is InChI=1S/C13H9F2NO5S/c1-22(19,20)10-4-2-3-9(7-10)21-13-11(14)5-8(16(17)18)6-12(13)15/h2-7H,1H3. The van der Waals surface area contributed by atoms with Gasteiger partial charge < -0.3 is 4.74 Å². The first-order valence-corrected chi connectivity index (χ1v) is 7.69. The van der Waals surface area contributed by atoms with Crippen molar-refractivity contribution in [1.82, 2.24) is 0 Å². The number of hydrogen-bond acceptors (Lipinski definition) is 5. The van der Waals surface area contributed by atoms with Gasteiger partial charge in [-0.25, -0.2) is 17.2 Å². The van der Waals surface area contributed by atoms with Crippen LogP contribution in [0.2, 0.25) is 0 Å². The van der Waals surface area contributed by atoms with Crippen LogP contribution in [-0.4, -0.2) is 19.6 Å². The van der Waals surface area contributed by atoms with E-state index in [1.54, 1.807) is 0 Å². The molecule has 0 bridgehead atoms. The van der Waals surface area contributed by atoms with Crippen LogP contribution in [-0.2, 0) is 9.84 Å². The number of sulfone groups is 1. The zero-order valence-electron chi connectivity index (χ0n) is 11.1. The first-order valence-electron chi connectivity index (χ1n) is 5.80. The van der Waals surface area contributed by atoms with Crippen LogP contribution >= 0.6 is 0 Å². The van der Waals surface area contributed by atoms with Gasteiger partial charge in [0.05, 0.1) is 22.0 Å². The molecule has 6 nitrogen and oxygen atoms in total. The first kappa shape index (κ1) is 15.8. The van der Waals surface area contributed by atoms with E-state index in [9.17, 15) is 27.3 Å². The zero-order valence-corrected chi connectivity index (χ0v) is 11.9. The van der Waals surface area contributed by atoms with Gasteiger partial charge in [-0.3, -0.25) is 10.1 Å². The summed E-state index contributed by atoms with van der Waals surface area (Å²) in [5, 5.41) is 10.5. The number of nitro groups is 1. The number of nitro benzene ring substituents is 1. The molecule has 0 unspecified atom stereocenters. The molecule has 2 aromatic carbocycles. The molecule has 0 amide bonds. The van der Waals surface area contributed by atoms with Gasteiger partial charge in [-0.05, 0) is 18.2 Å². The maximum absolute atomic E-state index is 13.7. The van der Waals surface area contributed by atoms with E-state index in [1.165, 1.54) is 18.2 Å². The molecule has 0 aromatic heterocycles. The highest BCUT2D eigenvalue weighted by Gasteiger charge is 2.19. The number of non-ortho nitro benzene ring substituents is 1. The van der Waals surface area contributed by atoms with Crippen molar-refractivity contribution in [2.24, 2.45) is 0 Å². The largest absolute Gasteiger partial charge is 0.451 e. The van der Waals surface area contributed by atoms with Gasteiger partial charge in [-0.15, -0.1) is 0 Å². The van der Waals surface area contributed by atoms with Gasteiger partial charge in [0.15, 0.2) is 27.2 Å². The van der Waals surface area contributed by atoms with Crippen molar-refractivity contribution in [3.05, 3.63) is 58.1 Å². The number of ether oxygens (including phenoxy) is 1. The average molecular weight is 329 g/mol. The van der Waals surface area contributed by atoms with E-state index in [0.717, 1.165) is 12.3 Å².